The first-order valence-electron chi connectivity index (χ1n) is 9.11. The van der Waals surface area contributed by atoms with Crippen LogP contribution in [0.25, 0.3) is 0 Å². The molecule has 1 aliphatic heterocycles. The van der Waals surface area contributed by atoms with Crippen LogP contribution >= 0.6 is 24.0 Å². The lowest BCUT2D eigenvalue weighted by Crippen LogP contribution is -2.44. The second-order valence-electron chi connectivity index (χ2n) is 6.69. The fourth-order valence-electron chi connectivity index (χ4n) is 2.86. The molecule has 1 aromatic rings. The predicted molar refractivity (Wildman–Crippen MR) is 118 cm³/mol. The molecule has 0 unspecified atom stereocenters. The minimum absolute atomic E-state index is 0. The molecule has 1 aliphatic rings. The lowest BCUT2D eigenvalue weighted by molar-refractivity contribution is -0.128. The molecular weight excluding hydrogens is 441 g/mol. The third-order valence-electron chi connectivity index (χ3n) is 4.15. The average molecular weight is 473 g/mol. The van der Waals surface area contributed by atoms with Gasteiger partial charge in [0.05, 0.1) is 13.1 Å². The standard InChI is InChI=1S/C19H31N5O.HI/c1-4-20-19(22-14-18(25)24-11-5-6-12-24)21-13-16-7-9-17(10-8-16)15-23(2)3;/h7-10H,4-6,11-15H2,1-3H3,(H2,20,21,22);1H. The second-order valence-corrected chi connectivity index (χ2v) is 6.69. The summed E-state index contributed by atoms with van der Waals surface area (Å²) in [7, 11) is 4.13. The van der Waals surface area contributed by atoms with Gasteiger partial charge in [0.15, 0.2) is 5.96 Å². The van der Waals surface area contributed by atoms with Gasteiger partial charge in [-0.05, 0) is 45.0 Å². The van der Waals surface area contributed by atoms with Crippen LogP contribution < -0.4 is 10.6 Å². The minimum Gasteiger partial charge on any atom is -0.357 e. The largest absolute Gasteiger partial charge is 0.357 e. The molecule has 1 fully saturated rings. The van der Waals surface area contributed by atoms with Gasteiger partial charge in [-0.1, -0.05) is 24.3 Å². The van der Waals surface area contributed by atoms with Gasteiger partial charge in [0.2, 0.25) is 5.91 Å². The van der Waals surface area contributed by atoms with Gasteiger partial charge in [-0.2, -0.15) is 0 Å². The maximum atomic E-state index is 12.1. The van der Waals surface area contributed by atoms with E-state index in [4.69, 9.17) is 0 Å². The van der Waals surface area contributed by atoms with Crippen LogP contribution in [0.2, 0.25) is 0 Å². The van der Waals surface area contributed by atoms with E-state index >= 15 is 0 Å². The fourth-order valence-corrected chi connectivity index (χ4v) is 2.86. The van der Waals surface area contributed by atoms with Crippen LogP contribution in [0.15, 0.2) is 29.3 Å². The van der Waals surface area contributed by atoms with Gasteiger partial charge in [0.1, 0.15) is 0 Å². The molecule has 146 valence electrons. The quantitative estimate of drug-likeness (QED) is 0.362. The molecule has 0 spiro atoms. The number of aliphatic imine (C=N–C) groups is 1. The number of halogens is 1. The highest BCUT2D eigenvalue weighted by Gasteiger charge is 2.17. The third kappa shape index (κ3) is 7.90. The molecule has 0 bridgehead atoms. The Morgan fingerprint density at radius 1 is 1.12 bits per heavy atom. The van der Waals surface area contributed by atoms with E-state index < -0.39 is 0 Å². The zero-order chi connectivity index (χ0) is 18.1. The highest BCUT2D eigenvalue weighted by atomic mass is 127. The number of hydrogen-bond acceptors (Lipinski definition) is 3. The van der Waals surface area contributed by atoms with Crippen LogP contribution in [0.4, 0.5) is 0 Å². The molecule has 2 rings (SSSR count). The first kappa shape index (κ1) is 22.7. The van der Waals surface area contributed by atoms with E-state index in [1.807, 2.05) is 11.8 Å². The Labute approximate surface area is 174 Å². The van der Waals surface area contributed by atoms with Gasteiger partial charge in [-0.15, -0.1) is 24.0 Å². The van der Waals surface area contributed by atoms with E-state index in [0.717, 1.165) is 44.6 Å². The summed E-state index contributed by atoms with van der Waals surface area (Å²) >= 11 is 0. The second kappa shape index (κ2) is 12.1. The van der Waals surface area contributed by atoms with Crippen molar-refractivity contribution in [1.82, 2.24) is 20.4 Å². The van der Waals surface area contributed by atoms with Gasteiger partial charge in [0, 0.05) is 26.2 Å². The number of carbonyl (C=O) groups is 1. The zero-order valence-corrected chi connectivity index (χ0v) is 18.5. The van der Waals surface area contributed by atoms with Crippen molar-refractivity contribution in [3.63, 3.8) is 0 Å². The summed E-state index contributed by atoms with van der Waals surface area (Å²) in [4.78, 5) is 20.8. The van der Waals surface area contributed by atoms with Gasteiger partial charge >= 0.3 is 0 Å². The minimum atomic E-state index is 0. The summed E-state index contributed by atoms with van der Waals surface area (Å²) in [6.07, 6.45) is 2.23. The van der Waals surface area contributed by atoms with Crippen LogP contribution in [0.5, 0.6) is 0 Å². The number of benzene rings is 1. The maximum Gasteiger partial charge on any atom is 0.241 e. The summed E-state index contributed by atoms with van der Waals surface area (Å²) in [5, 5.41) is 6.34. The molecule has 0 saturated carbocycles. The fraction of sp³-hybridized carbons (Fsp3) is 0.579. The van der Waals surface area contributed by atoms with Crippen molar-refractivity contribution in [2.24, 2.45) is 4.99 Å². The van der Waals surface area contributed by atoms with Crippen molar-refractivity contribution in [3.05, 3.63) is 35.4 Å². The van der Waals surface area contributed by atoms with Crippen molar-refractivity contribution < 1.29 is 4.79 Å². The number of hydrogen-bond donors (Lipinski definition) is 2. The average Bonchev–Trinajstić information content (AvgIpc) is 3.12. The van der Waals surface area contributed by atoms with Crippen molar-refractivity contribution in [1.29, 1.82) is 0 Å². The Morgan fingerprint density at radius 3 is 2.31 bits per heavy atom. The van der Waals surface area contributed by atoms with Gasteiger partial charge in [-0.25, -0.2) is 4.99 Å². The number of guanidine groups is 1. The van der Waals surface area contributed by atoms with E-state index in [-0.39, 0.29) is 29.9 Å². The van der Waals surface area contributed by atoms with E-state index in [1.54, 1.807) is 0 Å². The highest BCUT2D eigenvalue weighted by Crippen LogP contribution is 2.08. The summed E-state index contributed by atoms with van der Waals surface area (Å²) in [6.45, 7) is 6.39. The van der Waals surface area contributed by atoms with Gasteiger partial charge in [-0.3, -0.25) is 4.79 Å². The molecule has 2 N–H and O–H groups in total. The molecule has 26 heavy (non-hydrogen) atoms. The van der Waals surface area contributed by atoms with Crippen LogP contribution in [0, 0.1) is 0 Å². The van der Waals surface area contributed by atoms with Crippen molar-refractivity contribution >= 4 is 35.8 Å². The van der Waals surface area contributed by atoms with Gasteiger partial charge < -0.3 is 20.4 Å². The molecule has 1 saturated heterocycles. The smallest absolute Gasteiger partial charge is 0.241 e. The van der Waals surface area contributed by atoms with E-state index in [1.165, 1.54) is 5.56 Å². The van der Waals surface area contributed by atoms with Crippen LogP contribution in [-0.4, -0.2) is 61.9 Å². The Morgan fingerprint density at radius 2 is 1.73 bits per heavy atom. The Bertz CT molecular complexity index is 568. The molecule has 0 atom stereocenters. The first-order valence-corrected chi connectivity index (χ1v) is 9.11. The highest BCUT2D eigenvalue weighted by molar-refractivity contribution is 14.0. The summed E-state index contributed by atoms with van der Waals surface area (Å²) in [6, 6.07) is 8.51. The normalized spacial score (nSPS) is 14.3. The molecule has 0 radical (unpaired) electrons. The Hall–Kier alpha value is -1.35. The number of likely N-dealkylation sites (tertiary alicyclic amines) is 1. The van der Waals surface area contributed by atoms with Crippen LogP contribution in [0.1, 0.15) is 30.9 Å². The zero-order valence-electron chi connectivity index (χ0n) is 16.1. The lowest BCUT2D eigenvalue weighted by Gasteiger charge is -2.17. The third-order valence-corrected chi connectivity index (χ3v) is 4.15. The molecule has 1 heterocycles. The molecule has 0 aromatic heterocycles. The Balaban J connectivity index is 0.00000338. The number of rotatable bonds is 7. The maximum absolute atomic E-state index is 12.1. The number of carbonyl (C=O) groups excluding carboxylic acids is 1. The molecule has 7 heteroatoms. The summed E-state index contributed by atoms with van der Waals surface area (Å²) in [5.41, 5.74) is 2.45. The number of nitrogens with one attached hydrogen (secondary N) is 2. The van der Waals surface area contributed by atoms with Crippen molar-refractivity contribution in [3.8, 4) is 0 Å². The summed E-state index contributed by atoms with van der Waals surface area (Å²) in [5.74, 6) is 0.837. The lowest BCUT2D eigenvalue weighted by atomic mass is 10.1. The molecule has 6 nitrogen and oxygen atoms in total. The van der Waals surface area contributed by atoms with Crippen LogP contribution in [-0.2, 0) is 17.9 Å². The van der Waals surface area contributed by atoms with Crippen LogP contribution in [0.3, 0.4) is 0 Å². The number of nitrogens with zero attached hydrogens (tertiary/aromatic N) is 3. The predicted octanol–water partition coefficient (Wildman–Crippen LogP) is 2.04. The van der Waals surface area contributed by atoms with Gasteiger partial charge in [0.25, 0.3) is 0 Å². The molecule has 1 aromatic carbocycles. The number of amides is 1. The SMILES string of the molecule is CCNC(=NCc1ccc(CN(C)C)cc1)NCC(=O)N1CCCC1.I. The molecule has 0 aliphatic carbocycles. The van der Waals surface area contributed by atoms with Crippen molar-refractivity contribution in [2.75, 3.05) is 40.3 Å². The van der Waals surface area contributed by atoms with Crippen molar-refractivity contribution in [2.45, 2.75) is 32.9 Å². The summed E-state index contributed by atoms with van der Waals surface area (Å²) < 4.78 is 0. The molecule has 1 amide bonds. The van der Waals surface area contributed by atoms with E-state index in [2.05, 4.69) is 58.9 Å². The topological polar surface area (TPSA) is 60.0 Å². The first-order chi connectivity index (χ1) is 12.1. The van der Waals surface area contributed by atoms with E-state index in [9.17, 15) is 4.79 Å². The molecular formula is C19H32IN5O. The van der Waals surface area contributed by atoms with E-state index in [0.29, 0.717) is 19.0 Å². The monoisotopic (exact) mass is 473 g/mol. The Kier molecular flexibility index (Phi) is 10.6.